The van der Waals surface area contributed by atoms with Crippen molar-refractivity contribution < 1.29 is 8.85 Å². The molecule has 4 heteroatoms. The van der Waals surface area contributed by atoms with Crippen LogP contribution in [0.1, 0.15) is 46.0 Å². The molecule has 0 aromatic rings. The molecule has 4 unspecified atom stereocenters. The Kier molecular flexibility index (Phi) is 4.63. The van der Waals surface area contributed by atoms with Crippen molar-refractivity contribution in [2.75, 3.05) is 14.2 Å². The molecule has 2 fully saturated rings. The lowest BCUT2D eigenvalue weighted by Crippen LogP contribution is -2.61. The van der Waals surface area contributed by atoms with E-state index in [0.717, 1.165) is 11.8 Å². The van der Waals surface area contributed by atoms with Gasteiger partial charge in [0.25, 0.3) is 0 Å². The van der Waals surface area contributed by atoms with Crippen LogP contribution in [0.2, 0.25) is 0 Å². The van der Waals surface area contributed by atoms with Crippen LogP contribution >= 0.6 is 0 Å². The fourth-order valence-corrected chi connectivity index (χ4v) is 6.01. The smallest absolute Gasteiger partial charge is 0.388 e. The first-order chi connectivity index (χ1) is 8.19. The zero-order valence-electron chi connectivity index (χ0n) is 11.7. The predicted molar refractivity (Wildman–Crippen MR) is 72.0 cm³/mol. The van der Waals surface area contributed by atoms with Gasteiger partial charge in [0.2, 0.25) is 0 Å². The summed E-state index contributed by atoms with van der Waals surface area (Å²) in [5.74, 6) is 1.69. The molecule has 0 spiro atoms. The fourth-order valence-electron chi connectivity index (χ4n) is 3.95. The first kappa shape index (κ1) is 13.5. The van der Waals surface area contributed by atoms with Crippen LogP contribution in [-0.2, 0) is 8.85 Å². The van der Waals surface area contributed by atoms with Crippen molar-refractivity contribution in [3.05, 3.63) is 0 Å². The summed E-state index contributed by atoms with van der Waals surface area (Å²) < 4.78 is 13.9. The van der Waals surface area contributed by atoms with Crippen LogP contribution in [0.3, 0.4) is 0 Å². The van der Waals surface area contributed by atoms with E-state index in [1.807, 2.05) is 14.2 Å². The Balaban J connectivity index is 2.18. The highest BCUT2D eigenvalue weighted by molar-refractivity contribution is 6.41. The van der Waals surface area contributed by atoms with E-state index in [1.54, 1.807) is 0 Å². The molecule has 17 heavy (non-hydrogen) atoms. The van der Waals surface area contributed by atoms with Crippen LogP contribution in [0.5, 0.6) is 0 Å². The molecule has 0 aromatic carbocycles. The van der Waals surface area contributed by atoms with Gasteiger partial charge in [-0.2, -0.15) is 0 Å². The SMILES string of the molecule is CO[SiH](OC)N1C(C)CCC2CCCC(C)C21. The van der Waals surface area contributed by atoms with E-state index >= 15 is 0 Å². The van der Waals surface area contributed by atoms with Gasteiger partial charge in [-0.1, -0.05) is 20.3 Å². The summed E-state index contributed by atoms with van der Waals surface area (Å²) in [6.07, 6.45) is 6.91. The lowest BCUT2D eigenvalue weighted by molar-refractivity contribution is 0.0167. The van der Waals surface area contributed by atoms with Crippen LogP contribution < -0.4 is 0 Å². The number of hydrogen-bond acceptors (Lipinski definition) is 3. The van der Waals surface area contributed by atoms with Crippen molar-refractivity contribution in [2.45, 2.75) is 58.0 Å². The molecule has 4 atom stereocenters. The van der Waals surface area contributed by atoms with Crippen LogP contribution in [0.25, 0.3) is 0 Å². The second kappa shape index (κ2) is 5.82. The fraction of sp³-hybridized carbons (Fsp3) is 1.00. The zero-order chi connectivity index (χ0) is 12.4. The number of nitrogens with zero attached hydrogens (tertiary/aromatic N) is 1. The van der Waals surface area contributed by atoms with Crippen molar-refractivity contribution in [2.24, 2.45) is 11.8 Å². The molecule has 100 valence electrons. The minimum atomic E-state index is -1.63. The van der Waals surface area contributed by atoms with E-state index < -0.39 is 9.45 Å². The van der Waals surface area contributed by atoms with Gasteiger partial charge in [-0.15, -0.1) is 0 Å². The Morgan fingerprint density at radius 2 is 1.71 bits per heavy atom. The maximum Gasteiger partial charge on any atom is 0.410 e. The van der Waals surface area contributed by atoms with Crippen molar-refractivity contribution >= 4 is 9.45 Å². The summed E-state index contributed by atoms with van der Waals surface area (Å²) in [5, 5.41) is 0. The van der Waals surface area contributed by atoms with Gasteiger partial charge in [-0.05, 0) is 37.5 Å². The maximum atomic E-state index is 5.65. The molecule has 0 aromatic heterocycles. The molecule has 1 heterocycles. The quantitative estimate of drug-likeness (QED) is 0.724. The third kappa shape index (κ3) is 2.60. The van der Waals surface area contributed by atoms with Crippen molar-refractivity contribution in [3.8, 4) is 0 Å². The maximum absolute atomic E-state index is 5.65. The Labute approximate surface area is 107 Å². The molecule has 0 amide bonds. The first-order valence-corrected chi connectivity index (χ1v) is 8.48. The van der Waals surface area contributed by atoms with E-state index in [1.165, 1.54) is 32.1 Å². The topological polar surface area (TPSA) is 21.7 Å². The lowest BCUT2D eigenvalue weighted by atomic mass is 9.73. The van der Waals surface area contributed by atoms with E-state index in [0.29, 0.717) is 12.1 Å². The monoisotopic (exact) mass is 257 g/mol. The number of rotatable bonds is 3. The average molecular weight is 257 g/mol. The van der Waals surface area contributed by atoms with Crippen LogP contribution in [-0.4, -0.2) is 40.3 Å². The molecule has 1 saturated heterocycles. The molecular weight excluding hydrogens is 230 g/mol. The minimum absolute atomic E-state index is 0.633. The molecule has 2 rings (SSSR count). The normalized spacial score (nSPS) is 39.4. The van der Waals surface area contributed by atoms with Gasteiger partial charge >= 0.3 is 9.45 Å². The number of piperidine rings is 1. The third-order valence-corrected chi connectivity index (χ3v) is 6.90. The Hall–Kier alpha value is 0.0969. The highest BCUT2D eigenvalue weighted by atomic mass is 28.3. The van der Waals surface area contributed by atoms with Crippen LogP contribution in [0.15, 0.2) is 0 Å². The highest BCUT2D eigenvalue weighted by Crippen LogP contribution is 2.41. The standard InChI is InChI=1S/C13H27NO2Si/c1-10-6-5-7-12-9-8-11(2)14(13(10)12)17(15-3)16-4/h10-13,17H,5-9H2,1-4H3. The Morgan fingerprint density at radius 3 is 2.35 bits per heavy atom. The Morgan fingerprint density at radius 1 is 1.00 bits per heavy atom. The van der Waals surface area contributed by atoms with Gasteiger partial charge in [0.05, 0.1) is 0 Å². The van der Waals surface area contributed by atoms with Crippen LogP contribution in [0.4, 0.5) is 0 Å². The van der Waals surface area contributed by atoms with E-state index in [9.17, 15) is 0 Å². The van der Waals surface area contributed by atoms with Gasteiger partial charge in [-0.3, -0.25) is 4.57 Å². The molecule has 2 aliphatic rings. The van der Waals surface area contributed by atoms with E-state index in [2.05, 4.69) is 18.4 Å². The molecular formula is C13H27NO2Si. The average Bonchev–Trinajstić information content (AvgIpc) is 2.34. The van der Waals surface area contributed by atoms with Gasteiger partial charge < -0.3 is 8.85 Å². The van der Waals surface area contributed by atoms with E-state index in [-0.39, 0.29) is 0 Å². The molecule has 1 saturated carbocycles. The van der Waals surface area contributed by atoms with Gasteiger partial charge in [0, 0.05) is 26.3 Å². The molecule has 0 bridgehead atoms. The molecule has 0 radical (unpaired) electrons. The van der Waals surface area contributed by atoms with E-state index in [4.69, 9.17) is 8.85 Å². The summed E-state index contributed by atoms with van der Waals surface area (Å²) >= 11 is 0. The molecule has 1 aliphatic heterocycles. The van der Waals surface area contributed by atoms with Gasteiger partial charge in [-0.25, -0.2) is 0 Å². The van der Waals surface area contributed by atoms with Crippen molar-refractivity contribution in [1.29, 1.82) is 0 Å². The lowest BCUT2D eigenvalue weighted by Gasteiger charge is -2.51. The summed E-state index contributed by atoms with van der Waals surface area (Å²) in [7, 11) is 1.99. The summed E-state index contributed by atoms with van der Waals surface area (Å²) in [6.45, 7) is 4.76. The van der Waals surface area contributed by atoms with Gasteiger partial charge in [0.1, 0.15) is 0 Å². The molecule has 3 nitrogen and oxygen atoms in total. The third-order valence-electron chi connectivity index (χ3n) is 4.76. The van der Waals surface area contributed by atoms with Crippen LogP contribution in [0, 0.1) is 11.8 Å². The van der Waals surface area contributed by atoms with Crippen molar-refractivity contribution in [3.63, 3.8) is 0 Å². The first-order valence-electron chi connectivity index (χ1n) is 7.02. The summed E-state index contributed by atoms with van der Waals surface area (Å²) in [5.41, 5.74) is 0. The number of hydrogen-bond donors (Lipinski definition) is 0. The van der Waals surface area contributed by atoms with Crippen molar-refractivity contribution in [1.82, 2.24) is 4.57 Å². The van der Waals surface area contributed by atoms with Gasteiger partial charge in [0.15, 0.2) is 0 Å². The number of fused-ring (bicyclic) bond motifs is 1. The molecule has 0 N–H and O–H groups in total. The largest absolute Gasteiger partial charge is 0.410 e. The minimum Gasteiger partial charge on any atom is -0.388 e. The summed E-state index contributed by atoms with van der Waals surface area (Å²) in [4.78, 5) is 0. The second-order valence-corrected chi connectivity index (χ2v) is 7.96. The highest BCUT2D eigenvalue weighted by Gasteiger charge is 2.44. The predicted octanol–water partition coefficient (Wildman–Crippen LogP) is 2.29. The second-order valence-electron chi connectivity index (χ2n) is 5.81. The Bertz CT molecular complexity index is 248. The zero-order valence-corrected chi connectivity index (χ0v) is 12.8. The molecule has 1 aliphatic carbocycles. The summed E-state index contributed by atoms with van der Waals surface area (Å²) in [6, 6.07) is 1.34.